The predicted molar refractivity (Wildman–Crippen MR) is 60.4 cm³/mol. The summed E-state index contributed by atoms with van der Waals surface area (Å²) in [6.45, 7) is 3.71. The van der Waals surface area contributed by atoms with Gasteiger partial charge >= 0.3 is 0 Å². The Hall–Kier alpha value is -0.520. The summed E-state index contributed by atoms with van der Waals surface area (Å²) in [4.78, 5) is 12.9. The lowest BCUT2D eigenvalue weighted by molar-refractivity contribution is 0.0926. The van der Waals surface area contributed by atoms with E-state index in [0.717, 1.165) is 4.90 Å². The van der Waals surface area contributed by atoms with Gasteiger partial charge in [0.25, 0.3) is 5.91 Å². The summed E-state index contributed by atoms with van der Waals surface area (Å²) >= 11 is 5.52. The number of carbonyl (C=O) groups excluding carboxylic acids is 1. The number of nitrogens with one attached hydrogen (secondary N) is 1. The van der Waals surface area contributed by atoms with Crippen LogP contribution in [0.2, 0.25) is 0 Å². The van der Waals surface area contributed by atoms with E-state index in [2.05, 4.69) is 17.9 Å². The van der Waals surface area contributed by atoms with E-state index < -0.39 is 0 Å². The van der Waals surface area contributed by atoms with Crippen molar-refractivity contribution in [1.82, 2.24) is 5.32 Å². The fourth-order valence-corrected chi connectivity index (χ4v) is 1.98. The number of hydrogen-bond donors (Lipinski definition) is 2. The van der Waals surface area contributed by atoms with E-state index in [-0.39, 0.29) is 5.91 Å². The van der Waals surface area contributed by atoms with Gasteiger partial charge in [-0.25, -0.2) is 0 Å². The van der Waals surface area contributed by atoms with E-state index in [1.165, 1.54) is 11.3 Å². The van der Waals surface area contributed by atoms with E-state index in [1.807, 2.05) is 12.3 Å². The van der Waals surface area contributed by atoms with Crippen molar-refractivity contribution >= 4 is 29.9 Å². The molecule has 0 aliphatic rings. The van der Waals surface area contributed by atoms with Gasteiger partial charge in [-0.1, -0.05) is 0 Å². The van der Waals surface area contributed by atoms with Crippen LogP contribution in [0.15, 0.2) is 16.3 Å². The van der Waals surface area contributed by atoms with Crippen molar-refractivity contribution in [2.24, 2.45) is 0 Å². The molecule has 78 valence electrons. The Bertz CT molecular complexity index is 299. The molecular formula is C9H13NO2S2. The molecule has 0 bridgehead atoms. The Morgan fingerprint density at radius 2 is 2.50 bits per heavy atom. The summed E-state index contributed by atoms with van der Waals surface area (Å²) < 4.78 is 5.10. The summed E-state index contributed by atoms with van der Waals surface area (Å²) in [5.41, 5.74) is 0. The van der Waals surface area contributed by atoms with Crippen LogP contribution in [-0.4, -0.2) is 25.7 Å². The lowest BCUT2D eigenvalue weighted by atomic mass is 10.4. The number of ether oxygens (including phenoxy) is 1. The lowest BCUT2D eigenvalue weighted by Crippen LogP contribution is -2.26. The third kappa shape index (κ3) is 3.69. The zero-order valence-corrected chi connectivity index (χ0v) is 9.66. The molecule has 0 spiro atoms. The number of carbonyl (C=O) groups is 1. The average molecular weight is 231 g/mol. The molecule has 0 saturated heterocycles. The highest BCUT2D eigenvalue weighted by Crippen LogP contribution is 2.16. The Labute approximate surface area is 92.9 Å². The summed E-state index contributed by atoms with van der Waals surface area (Å²) in [5.74, 6) is -0.0602. The smallest absolute Gasteiger partial charge is 0.261 e. The number of thiophene rings is 1. The molecule has 0 aromatic carbocycles. The van der Waals surface area contributed by atoms with Crippen molar-refractivity contribution in [2.75, 3.05) is 19.8 Å². The van der Waals surface area contributed by atoms with Gasteiger partial charge in [-0.3, -0.25) is 4.79 Å². The minimum Gasteiger partial charge on any atom is -0.380 e. The van der Waals surface area contributed by atoms with Crippen LogP contribution in [0.4, 0.5) is 0 Å². The minimum absolute atomic E-state index is 0.0602. The molecule has 0 fully saturated rings. The topological polar surface area (TPSA) is 38.3 Å². The van der Waals surface area contributed by atoms with Crippen molar-refractivity contribution in [1.29, 1.82) is 0 Å². The van der Waals surface area contributed by atoms with Crippen LogP contribution >= 0.6 is 24.0 Å². The van der Waals surface area contributed by atoms with Crippen molar-refractivity contribution in [3.8, 4) is 0 Å². The van der Waals surface area contributed by atoms with Gasteiger partial charge in [-0.2, -0.15) is 0 Å². The molecular weight excluding hydrogens is 218 g/mol. The maximum atomic E-state index is 11.4. The van der Waals surface area contributed by atoms with Crippen LogP contribution in [0.5, 0.6) is 0 Å². The first-order chi connectivity index (χ1) is 6.74. The van der Waals surface area contributed by atoms with Crippen molar-refractivity contribution in [3.63, 3.8) is 0 Å². The van der Waals surface area contributed by atoms with Crippen LogP contribution in [0.1, 0.15) is 16.6 Å². The molecule has 1 aromatic rings. The first-order valence-electron chi connectivity index (χ1n) is 4.37. The molecule has 5 heteroatoms. The molecule has 0 atom stereocenters. The standard InChI is InChI=1S/C9H13NO2S2/c1-2-12-4-3-10-9(11)8-5-7(13)6-14-8/h5-6,13H,2-4H2,1H3,(H,10,11). The van der Waals surface area contributed by atoms with Crippen LogP contribution in [-0.2, 0) is 4.74 Å². The highest BCUT2D eigenvalue weighted by Gasteiger charge is 2.06. The number of rotatable bonds is 5. The normalized spacial score (nSPS) is 10.1. The second-order valence-electron chi connectivity index (χ2n) is 2.62. The fourth-order valence-electron chi connectivity index (χ4n) is 0.913. The van der Waals surface area contributed by atoms with Crippen molar-refractivity contribution in [3.05, 3.63) is 16.3 Å². The summed E-state index contributed by atoms with van der Waals surface area (Å²) in [5, 5.41) is 4.59. The highest BCUT2D eigenvalue weighted by molar-refractivity contribution is 7.80. The van der Waals surface area contributed by atoms with Gasteiger partial charge in [0.2, 0.25) is 0 Å². The van der Waals surface area contributed by atoms with E-state index in [9.17, 15) is 4.79 Å². The first kappa shape index (κ1) is 11.6. The molecule has 0 aliphatic heterocycles. The predicted octanol–water partition coefficient (Wildman–Crippen LogP) is 1.80. The Balaban J connectivity index is 2.29. The summed E-state index contributed by atoms with van der Waals surface area (Å²) in [6.07, 6.45) is 0. The molecule has 0 aliphatic carbocycles. The van der Waals surface area contributed by atoms with E-state index in [1.54, 1.807) is 6.07 Å². The molecule has 14 heavy (non-hydrogen) atoms. The monoisotopic (exact) mass is 231 g/mol. The molecule has 1 heterocycles. The fraction of sp³-hybridized carbons (Fsp3) is 0.444. The van der Waals surface area contributed by atoms with Gasteiger partial charge in [-0.05, 0) is 13.0 Å². The maximum Gasteiger partial charge on any atom is 0.261 e. The molecule has 1 amide bonds. The second kappa shape index (κ2) is 6.06. The van der Waals surface area contributed by atoms with Crippen LogP contribution in [0, 0.1) is 0 Å². The molecule has 1 N–H and O–H groups in total. The highest BCUT2D eigenvalue weighted by atomic mass is 32.1. The Kier molecular flexibility index (Phi) is 5.00. The van der Waals surface area contributed by atoms with Gasteiger partial charge in [0.05, 0.1) is 11.5 Å². The van der Waals surface area contributed by atoms with Crippen molar-refractivity contribution in [2.45, 2.75) is 11.8 Å². The number of hydrogen-bond acceptors (Lipinski definition) is 4. The van der Waals surface area contributed by atoms with Crippen LogP contribution in [0.25, 0.3) is 0 Å². The van der Waals surface area contributed by atoms with Gasteiger partial charge in [0, 0.05) is 23.4 Å². The molecule has 1 rings (SSSR count). The molecule has 0 radical (unpaired) electrons. The maximum absolute atomic E-state index is 11.4. The van der Waals surface area contributed by atoms with Crippen LogP contribution in [0.3, 0.4) is 0 Å². The quantitative estimate of drug-likeness (QED) is 0.599. The SMILES string of the molecule is CCOCCNC(=O)c1cc(S)cs1. The zero-order valence-electron chi connectivity index (χ0n) is 7.95. The Morgan fingerprint density at radius 1 is 1.71 bits per heavy atom. The van der Waals surface area contributed by atoms with Crippen LogP contribution < -0.4 is 5.32 Å². The summed E-state index contributed by atoms with van der Waals surface area (Å²) in [7, 11) is 0. The van der Waals surface area contributed by atoms with E-state index >= 15 is 0 Å². The Morgan fingerprint density at radius 3 is 3.07 bits per heavy atom. The first-order valence-corrected chi connectivity index (χ1v) is 5.70. The van der Waals surface area contributed by atoms with Gasteiger partial charge in [0.15, 0.2) is 0 Å². The average Bonchev–Trinajstić information content (AvgIpc) is 2.59. The molecule has 0 saturated carbocycles. The third-order valence-corrected chi connectivity index (χ3v) is 2.91. The minimum atomic E-state index is -0.0602. The largest absolute Gasteiger partial charge is 0.380 e. The van der Waals surface area contributed by atoms with Gasteiger partial charge in [-0.15, -0.1) is 24.0 Å². The molecule has 3 nitrogen and oxygen atoms in total. The number of thiol groups is 1. The lowest BCUT2D eigenvalue weighted by Gasteiger charge is -2.02. The van der Waals surface area contributed by atoms with Crippen molar-refractivity contribution < 1.29 is 9.53 Å². The third-order valence-electron chi connectivity index (χ3n) is 1.55. The summed E-state index contributed by atoms with van der Waals surface area (Å²) in [6, 6.07) is 1.75. The van der Waals surface area contributed by atoms with E-state index in [0.29, 0.717) is 24.6 Å². The number of amides is 1. The second-order valence-corrected chi connectivity index (χ2v) is 4.05. The molecule has 0 unspecified atom stereocenters. The molecule has 1 aromatic heterocycles. The van der Waals surface area contributed by atoms with E-state index in [4.69, 9.17) is 4.74 Å². The van der Waals surface area contributed by atoms with Gasteiger partial charge in [0.1, 0.15) is 0 Å². The zero-order chi connectivity index (χ0) is 10.4. The van der Waals surface area contributed by atoms with Gasteiger partial charge < -0.3 is 10.1 Å².